The smallest absolute Gasteiger partial charge is 0.0854 e. The minimum absolute atomic E-state index is 0.0706. The average Bonchev–Trinajstić information content (AvgIpc) is 2.62. The Kier molecular flexibility index (Phi) is 4.83. The molecule has 0 aromatic carbocycles. The van der Waals surface area contributed by atoms with Gasteiger partial charge in [0.15, 0.2) is 0 Å². The standard InChI is InChI=1S/C11H22N4S/c1-8(5-6-12)13-7-9-10(11(2,3)4)14-15-16-9/h8,13H,5-7,12H2,1-4H3. The van der Waals surface area contributed by atoms with Crippen LogP contribution in [0.25, 0.3) is 0 Å². The Morgan fingerprint density at radius 2 is 2.12 bits per heavy atom. The molecule has 92 valence electrons. The summed E-state index contributed by atoms with van der Waals surface area (Å²) in [5.41, 5.74) is 6.69. The molecule has 5 heteroatoms. The Morgan fingerprint density at radius 3 is 2.69 bits per heavy atom. The molecule has 0 bridgehead atoms. The first-order valence-electron chi connectivity index (χ1n) is 5.70. The molecule has 1 aromatic heterocycles. The zero-order valence-electron chi connectivity index (χ0n) is 10.6. The molecule has 0 saturated heterocycles. The van der Waals surface area contributed by atoms with Gasteiger partial charge in [-0.1, -0.05) is 25.3 Å². The van der Waals surface area contributed by atoms with E-state index in [1.165, 1.54) is 16.4 Å². The number of hydrogen-bond acceptors (Lipinski definition) is 5. The van der Waals surface area contributed by atoms with Crippen molar-refractivity contribution in [2.75, 3.05) is 6.54 Å². The van der Waals surface area contributed by atoms with E-state index in [1.54, 1.807) is 0 Å². The van der Waals surface area contributed by atoms with Crippen LogP contribution in [0.1, 0.15) is 44.7 Å². The molecular formula is C11H22N4S. The van der Waals surface area contributed by atoms with Crippen LogP contribution < -0.4 is 11.1 Å². The summed E-state index contributed by atoms with van der Waals surface area (Å²) >= 11 is 1.48. The Hall–Kier alpha value is -0.520. The van der Waals surface area contributed by atoms with Crippen LogP contribution in [-0.4, -0.2) is 22.2 Å². The van der Waals surface area contributed by atoms with Crippen LogP contribution in [0.4, 0.5) is 0 Å². The van der Waals surface area contributed by atoms with E-state index in [9.17, 15) is 0 Å². The Labute approximate surface area is 102 Å². The maximum atomic E-state index is 5.52. The lowest BCUT2D eigenvalue weighted by molar-refractivity contribution is 0.509. The highest BCUT2D eigenvalue weighted by atomic mass is 32.1. The first-order valence-corrected chi connectivity index (χ1v) is 6.47. The van der Waals surface area contributed by atoms with Crippen molar-refractivity contribution in [2.24, 2.45) is 5.73 Å². The van der Waals surface area contributed by atoms with Gasteiger partial charge in [0.25, 0.3) is 0 Å². The highest BCUT2D eigenvalue weighted by molar-refractivity contribution is 7.05. The fourth-order valence-corrected chi connectivity index (χ4v) is 2.32. The lowest BCUT2D eigenvalue weighted by atomic mass is 9.91. The van der Waals surface area contributed by atoms with Crippen molar-refractivity contribution in [2.45, 2.75) is 52.1 Å². The first-order chi connectivity index (χ1) is 7.45. The maximum absolute atomic E-state index is 5.52. The van der Waals surface area contributed by atoms with Gasteiger partial charge < -0.3 is 11.1 Å². The predicted molar refractivity (Wildman–Crippen MR) is 68.6 cm³/mol. The molecular weight excluding hydrogens is 220 g/mol. The predicted octanol–water partition coefficient (Wildman–Crippen LogP) is 1.66. The molecule has 0 spiro atoms. The van der Waals surface area contributed by atoms with Gasteiger partial charge in [0.1, 0.15) is 0 Å². The van der Waals surface area contributed by atoms with E-state index in [4.69, 9.17) is 5.73 Å². The van der Waals surface area contributed by atoms with Crippen LogP contribution >= 0.6 is 11.5 Å². The second-order valence-electron chi connectivity index (χ2n) is 5.15. The third-order valence-corrected chi connectivity index (χ3v) is 3.20. The Bertz CT molecular complexity index is 316. The Balaban J connectivity index is 2.58. The van der Waals surface area contributed by atoms with Gasteiger partial charge in [-0.2, -0.15) is 0 Å². The van der Waals surface area contributed by atoms with Gasteiger partial charge in [-0.15, -0.1) is 5.10 Å². The zero-order chi connectivity index (χ0) is 12.2. The van der Waals surface area contributed by atoms with E-state index in [-0.39, 0.29) is 5.41 Å². The van der Waals surface area contributed by atoms with Crippen LogP contribution in [-0.2, 0) is 12.0 Å². The van der Waals surface area contributed by atoms with E-state index >= 15 is 0 Å². The monoisotopic (exact) mass is 242 g/mol. The van der Waals surface area contributed by atoms with Crippen LogP contribution in [0.2, 0.25) is 0 Å². The summed E-state index contributed by atoms with van der Waals surface area (Å²) in [5.74, 6) is 0. The van der Waals surface area contributed by atoms with Crippen molar-refractivity contribution in [1.29, 1.82) is 0 Å². The van der Waals surface area contributed by atoms with Gasteiger partial charge >= 0.3 is 0 Å². The second kappa shape index (κ2) is 5.70. The number of aromatic nitrogens is 2. The van der Waals surface area contributed by atoms with Gasteiger partial charge in [0.2, 0.25) is 0 Å². The molecule has 0 aliphatic rings. The number of nitrogens with one attached hydrogen (secondary N) is 1. The van der Waals surface area contributed by atoms with Gasteiger partial charge in [-0.3, -0.25) is 0 Å². The van der Waals surface area contributed by atoms with Gasteiger partial charge in [0.05, 0.1) is 10.6 Å². The largest absolute Gasteiger partial charge is 0.330 e. The van der Waals surface area contributed by atoms with Crippen molar-refractivity contribution in [3.05, 3.63) is 10.6 Å². The normalized spacial score (nSPS) is 14.1. The highest BCUT2D eigenvalue weighted by Gasteiger charge is 2.22. The van der Waals surface area contributed by atoms with E-state index in [0.717, 1.165) is 25.2 Å². The SMILES string of the molecule is CC(CCN)NCc1snnc1C(C)(C)C. The van der Waals surface area contributed by atoms with Gasteiger partial charge in [0, 0.05) is 18.0 Å². The van der Waals surface area contributed by atoms with Gasteiger partial charge in [-0.05, 0) is 31.4 Å². The van der Waals surface area contributed by atoms with Crippen molar-refractivity contribution in [3.8, 4) is 0 Å². The summed E-state index contributed by atoms with van der Waals surface area (Å²) in [7, 11) is 0. The zero-order valence-corrected chi connectivity index (χ0v) is 11.4. The van der Waals surface area contributed by atoms with Gasteiger partial charge in [-0.25, -0.2) is 0 Å². The molecule has 0 saturated carbocycles. The number of rotatable bonds is 5. The van der Waals surface area contributed by atoms with Crippen molar-refractivity contribution in [1.82, 2.24) is 14.9 Å². The minimum atomic E-state index is 0.0706. The second-order valence-corrected chi connectivity index (χ2v) is 5.99. The number of hydrogen-bond donors (Lipinski definition) is 2. The van der Waals surface area contributed by atoms with E-state index in [2.05, 4.69) is 42.6 Å². The summed E-state index contributed by atoms with van der Waals surface area (Å²) in [6.45, 7) is 10.2. The van der Waals surface area contributed by atoms with Crippen LogP contribution in [0.15, 0.2) is 0 Å². The molecule has 0 aliphatic carbocycles. The molecule has 1 aromatic rings. The molecule has 4 nitrogen and oxygen atoms in total. The summed E-state index contributed by atoms with van der Waals surface area (Å²) < 4.78 is 4.04. The minimum Gasteiger partial charge on any atom is -0.330 e. The molecule has 0 radical (unpaired) electrons. The third kappa shape index (κ3) is 3.81. The Morgan fingerprint density at radius 1 is 1.44 bits per heavy atom. The lowest BCUT2D eigenvalue weighted by Crippen LogP contribution is -2.28. The third-order valence-electron chi connectivity index (χ3n) is 2.48. The summed E-state index contributed by atoms with van der Waals surface area (Å²) in [4.78, 5) is 1.23. The number of nitrogens with two attached hydrogens (primary N) is 1. The summed E-state index contributed by atoms with van der Waals surface area (Å²) in [6, 6.07) is 0.444. The molecule has 1 atom stereocenters. The topological polar surface area (TPSA) is 63.8 Å². The molecule has 0 fully saturated rings. The average molecular weight is 242 g/mol. The summed E-state index contributed by atoms with van der Waals surface area (Å²) in [5, 5.41) is 7.66. The maximum Gasteiger partial charge on any atom is 0.0854 e. The van der Waals surface area contributed by atoms with Crippen LogP contribution in [0, 0.1) is 0 Å². The molecule has 16 heavy (non-hydrogen) atoms. The molecule has 0 aliphatic heterocycles. The van der Waals surface area contributed by atoms with Crippen molar-refractivity contribution < 1.29 is 0 Å². The van der Waals surface area contributed by atoms with Crippen molar-refractivity contribution >= 4 is 11.5 Å². The molecule has 1 unspecified atom stereocenters. The fourth-order valence-electron chi connectivity index (χ4n) is 1.51. The van der Waals surface area contributed by atoms with Crippen molar-refractivity contribution in [3.63, 3.8) is 0 Å². The first kappa shape index (κ1) is 13.5. The molecule has 1 heterocycles. The highest BCUT2D eigenvalue weighted by Crippen LogP contribution is 2.25. The lowest BCUT2D eigenvalue weighted by Gasteiger charge is -2.18. The van der Waals surface area contributed by atoms with Crippen LogP contribution in [0.3, 0.4) is 0 Å². The molecule has 0 amide bonds. The molecule has 1 rings (SSSR count). The number of nitrogens with zero attached hydrogens (tertiary/aromatic N) is 2. The summed E-state index contributed by atoms with van der Waals surface area (Å²) in [6.07, 6.45) is 0.997. The van der Waals surface area contributed by atoms with Crippen LogP contribution in [0.5, 0.6) is 0 Å². The fraction of sp³-hybridized carbons (Fsp3) is 0.818. The van der Waals surface area contributed by atoms with E-state index < -0.39 is 0 Å². The van der Waals surface area contributed by atoms with E-state index in [1.807, 2.05) is 0 Å². The molecule has 3 N–H and O–H groups in total. The van der Waals surface area contributed by atoms with E-state index in [0.29, 0.717) is 6.04 Å². The quantitative estimate of drug-likeness (QED) is 0.824.